The van der Waals surface area contributed by atoms with E-state index in [4.69, 9.17) is 0 Å². The quantitative estimate of drug-likeness (QED) is 0.863. The minimum atomic E-state index is -1.14. The fraction of sp³-hybridized carbons (Fsp3) is 0.250. The molecule has 0 aliphatic heterocycles. The van der Waals surface area contributed by atoms with E-state index in [1.54, 1.807) is 24.3 Å². The fourth-order valence-corrected chi connectivity index (χ4v) is 2.55. The van der Waals surface area contributed by atoms with Crippen molar-refractivity contribution < 1.29 is 19.0 Å². The average molecular weight is 357 g/mol. The van der Waals surface area contributed by atoms with Crippen molar-refractivity contribution in [3.8, 4) is 0 Å². The van der Waals surface area contributed by atoms with Crippen molar-refractivity contribution >= 4 is 15.9 Å². The molecule has 5 heteroatoms. The topological polar surface area (TPSA) is 40.5 Å². The lowest BCUT2D eigenvalue weighted by Crippen LogP contribution is -2.37. The molecule has 0 saturated carbocycles. The van der Waals surface area contributed by atoms with E-state index in [1.807, 2.05) is 0 Å². The summed E-state index contributed by atoms with van der Waals surface area (Å²) in [6, 6.07) is 10.6. The van der Waals surface area contributed by atoms with Gasteiger partial charge in [-0.15, -0.1) is 0 Å². The van der Waals surface area contributed by atoms with Crippen LogP contribution in [0, 0.1) is 11.6 Å². The summed E-state index contributed by atoms with van der Waals surface area (Å²) in [7, 11) is 0. The van der Waals surface area contributed by atoms with Crippen molar-refractivity contribution in [3.05, 3.63) is 69.7 Å². The van der Waals surface area contributed by atoms with Crippen molar-refractivity contribution in [3.63, 3.8) is 0 Å². The van der Waals surface area contributed by atoms with Crippen LogP contribution in [-0.4, -0.2) is 23.4 Å². The predicted molar refractivity (Wildman–Crippen MR) is 80.1 cm³/mol. The molecule has 0 atom stereocenters. The molecule has 0 aliphatic rings. The van der Waals surface area contributed by atoms with Gasteiger partial charge in [-0.25, -0.2) is 8.78 Å². The van der Waals surface area contributed by atoms with E-state index in [0.717, 1.165) is 4.47 Å². The molecule has 21 heavy (non-hydrogen) atoms. The lowest BCUT2D eigenvalue weighted by atomic mass is 9.76. The van der Waals surface area contributed by atoms with Crippen LogP contribution in [0.3, 0.4) is 0 Å². The summed E-state index contributed by atoms with van der Waals surface area (Å²) in [6.45, 7) is -0.836. The van der Waals surface area contributed by atoms with Gasteiger partial charge in [-0.1, -0.05) is 34.1 Å². The van der Waals surface area contributed by atoms with E-state index < -0.39 is 30.3 Å². The Labute approximate surface area is 130 Å². The molecule has 0 fully saturated rings. The van der Waals surface area contributed by atoms with Gasteiger partial charge < -0.3 is 10.2 Å². The van der Waals surface area contributed by atoms with E-state index in [0.29, 0.717) is 5.56 Å². The first-order valence-electron chi connectivity index (χ1n) is 6.43. The van der Waals surface area contributed by atoms with Crippen LogP contribution in [-0.2, 0) is 11.8 Å². The highest BCUT2D eigenvalue weighted by Gasteiger charge is 2.33. The second kappa shape index (κ2) is 6.64. The number of benzene rings is 2. The number of aliphatic hydroxyl groups excluding tert-OH is 2. The van der Waals surface area contributed by atoms with Crippen molar-refractivity contribution in [2.45, 2.75) is 11.8 Å². The van der Waals surface area contributed by atoms with Crippen LogP contribution >= 0.6 is 15.9 Å². The van der Waals surface area contributed by atoms with Crippen LogP contribution < -0.4 is 0 Å². The van der Waals surface area contributed by atoms with E-state index in [1.165, 1.54) is 18.2 Å². The van der Waals surface area contributed by atoms with E-state index in [2.05, 4.69) is 15.9 Å². The third-order valence-corrected chi connectivity index (χ3v) is 4.17. The SMILES string of the molecule is OCC(CO)(Cc1c(F)cccc1F)c1ccc(Br)cc1. The first-order valence-corrected chi connectivity index (χ1v) is 7.22. The van der Waals surface area contributed by atoms with Gasteiger partial charge in [0.05, 0.1) is 13.2 Å². The fourth-order valence-electron chi connectivity index (χ4n) is 2.29. The summed E-state index contributed by atoms with van der Waals surface area (Å²) in [5.74, 6) is -1.36. The molecule has 0 heterocycles. The Bertz CT molecular complexity index is 590. The second-order valence-electron chi connectivity index (χ2n) is 4.98. The summed E-state index contributed by atoms with van der Waals surface area (Å²) in [4.78, 5) is 0. The Hall–Kier alpha value is -1.30. The van der Waals surface area contributed by atoms with Crippen LogP contribution in [0.25, 0.3) is 0 Å². The van der Waals surface area contributed by atoms with Gasteiger partial charge in [0.1, 0.15) is 11.6 Å². The Morgan fingerprint density at radius 1 is 0.905 bits per heavy atom. The third kappa shape index (κ3) is 3.31. The molecule has 112 valence electrons. The number of rotatable bonds is 5. The zero-order valence-electron chi connectivity index (χ0n) is 11.2. The van der Waals surface area contributed by atoms with Crippen molar-refractivity contribution in [2.24, 2.45) is 0 Å². The summed E-state index contributed by atoms with van der Waals surface area (Å²) in [5.41, 5.74) is -0.647. The van der Waals surface area contributed by atoms with Gasteiger partial charge in [-0.05, 0) is 36.2 Å². The minimum Gasteiger partial charge on any atom is -0.395 e. The van der Waals surface area contributed by atoms with E-state index >= 15 is 0 Å². The summed E-state index contributed by atoms with van der Waals surface area (Å²) >= 11 is 3.30. The summed E-state index contributed by atoms with van der Waals surface area (Å²) in [5, 5.41) is 19.5. The van der Waals surface area contributed by atoms with Crippen molar-refractivity contribution in [1.82, 2.24) is 0 Å². The lowest BCUT2D eigenvalue weighted by molar-refractivity contribution is 0.115. The highest BCUT2D eigenvalue weighted by atomic mass is 79.9. The first kappa shape index (κ1) is 16.1. The van der Waals surface area contributed by atoms with Crippen LogP contribution in [0.15, 0.2) is 46.9 Å². The molecular formula is C16H15BrF2O2. The maximum Gasteiger partial charge on any atom is 0.129 e. The van der Waals surface area contributed by atoms with Gasteiger partial charge in [0, 0.05) is 15.5 Å². The van der Waals surface area contributed by atoms with E-state index in [-0.39, 0.29) is 12.0 Å². The van der Waals surface area contributed by atoms with Gasteiger partial charge in [-0.2, -0.15) is 0 Å². The Kier molecular flexibility index (Phi) is 5.08. The molecule has 2 aromatic rings. The van der Waals surface area contributed by atoms with Crippen LogP contribution in [0.2, 0.25) is 0 Å². The smallest absolute Gasteiger partial charge is 0.129 e. The molecule has 2 N–H and O–H groups in total. The van der Waals surface area contributed by atoms with Crippen LogP contribution in [0.4, 0.5) is 8.78 Å². The molecule has 2 nitrogen and oxygen atoms in total. The molecule has 2 rings (SSSR count). The Morgan fingerprint density at radius 3 is 1.90 bits per heavy atom. The first-order chi connectivity index (χ1) is 10.0. The molecule has 0 aromatic heterocycles. The number of hydrogen-bond donors (Lipinski definition) is 2. The largest absolute Gasteiger partial charge is 0.395 e. The molecule has 0 aliphatic carbocycles. The van der Waals surface area contributed by atoms with Gasteiger partial charge >= 0.3 is 0 Å². The zero-order valence-corrected chi connectivity index (χ0v) is 12.8. The monoisotopic (exact) mass is 356 g/mol. The predicted octanol–water partition coefficient (Wildman–Crippen LogP) is 3.19. The molecule has 0 bridgehead atoms. The van der Waals surface area contributed by atoms with Gasteiger partial charge in [0.25, 0.3) is 0 Å². The summed E-state index contributed by atoms with van der Waals surface area (Å²) < 4.78 is 28.5. The molecule has 0 saturated heterocycles. The maximum absolute atomic E-state index is 13.8. The number of halogens is 3. The normalized spacial score (nSPS) is 11.7. The molecular weight excluding hydrogens is 342 g/mol. The molecule has 0 radical (unpaired) electrons. The lowest BCUT2D eigenvalue weighted by Gasteiger charge is -2.31. The van der Waals surface area contributed by atoms with Crippen LogP contribution in [0.5, 0.6) is 0 Å². The highest BCUT2D eigenvalue weighted by molar-refractivity contribution is 9.10. The minimum absolute atomic E-state index is 0.125. The van der Waals surface area contributed by atoms with Crippen LogP contribution in [0.1, 0.15) is 11.1 Å². The summed E-state index contributed by atoms with van der Waals surface area (Å²) in [6.07, 6.45) is -0.125. The van der Waals surface area contributed by atoms with Gasteiger partial charge in [0.15, 0.2) is 0 Å². The molecule has 0 spiro atoms. The third-order valence-electron chi connectivity index (χ3n) is 3.64. The second-order valence-corrected chi connectivity index (χ2v) is 5.90. The van der Waals surface area contributed by atoms with Crippen molar-refractivity contribution in [1.29, 1.82) is 0 Å². The average Bonchev–Trinajstić information content (AvgIpc) is 2.49. The highest BCUT2D eigenvalue weighted by Crippen LogP contribution is 2.31. The van der Waals surface area contributed by atoms with E-state index in [9.17, 15) is 19.0 Å². The number of hydrogen-bond acceptors (Lipinski definition) is 2. The zero-order chi connectivity index (χ0) is 15.5. The number of aliphatic hydroxyl groups is 2. The standard InChI is InChI=1S/C16H15BrF2O2/c17-12-6-4-11(5-7-12)16(9-20,10-21)8-13-14(18)2-1-3-15(13)19/h1-7,20-21H,8-10H2. The Morgan fingerprint density at radius 2 is 1.43 bits per heavy atom. The molecule has 0 unspecified atom stereocenters. The molecule has 0 amide bonds. The van der Waals surface area contributed by atoms with Crippen molar-refractivity contribution in [2.75, 3.05) is 13.2 Å². The maximum atomic E-state index is 13.8. The molecule has 2 aromatic carbocycles. The van der Waals surface area contributed by atoms with Gasteiger partial charge in [0.2, 0.25) is 0 Å². The Balaban J connectivity index is 2.45. The van der Waals surface area contributed by atoms with Gasteiger partial charge in [-0.3, -0.25) is 0 Å².